The van der Waals surface area contributed by atoms with E-state index in [4.69, 9.17) is 4.74 Å². The third kappa shape index (κ3) is 1.58. The number of ether oxygens (including phenoxy) is 1. The van der Waals surface area contributed by atoms with Crippen LogP contribution in [0.15, 0.2) is 23.8 Å². The van der Waals surface area contributed by atoms with Gasteiger partial charge in [-0.05, 0) is 20.3 Å². The summed E-state index contributed by atoms with van der Waals surface area (Å²) >= 11 is 0. The predicted molar refractivity (Wildman–Crippen MR) is 47.6 cm³/mol. The van der Waals surface area contributed by atoms with Crippen LogP contribution in [0.1, 0.15) is 20.3 Å². The van der Waals surface area contributed by atoms with Gasteiger partial charge in [-0.15, -0.1) is 0 Å². The molecule has 0 aromatic heterocycles. The van der Waals surface area contributed by atoms with Crippen molar-refractivity contribution in [2.24, 2.45) is 5.41 Å². The summed E-state index contributed by atoms with van der Waals surface area (Å²) in [5.41, 5.74) is 0.755. The normalized spacial score (nSPS) is 28.1. The molecule has 1 unspecified atom stereocenters. The van der Waals surface area contributed by atoms with E-state index in [1.165, 1.54) is 12.7 Å². The van der Waals surface area contributed by atoms with Gasteiger partial charge in [0.2, 0.25) is 0 Å². The van der Waals surface area contributed by atoms with Gasteiger partial charge in [-0.2, -0.15) is 0 Å². The Bertz CT molecular complexity index is 251. The highest BCUT2D eigenvalue weighted by Crippen LogP contribution is 2.30. The maximum atomic E-state index is 11.3. The average Bonchev–Trinajstić information content (AvgIpc) is 2.09. The Labute approximate surface area is 72.9 Å². The van der Waals surface area contributed by atoms with Crippen LogP contribution in [-0.2, 0) is 9.53 Å². The summed E-state index contributed by atoms with van der Waals surface area (Å²) in [7, 11) is 1.42. The highest BCUT2D eigenvalue weighted by Gasteiger charge is 2.31. The quantitative estimate of drug-likeness (QED) is 0.557. The molecule has 1 aliphatic rings. The minimum absolute atomic E-state index is 0.164. The molecule has 2 heteroatoms. The second-order valence-corrected chi connectivity index (χ2v) is 3.39. The lowest BCUT2D eigenvalue weighted by atomic mass is 9.82. The molecule has 2 nitrogen and oxygen atoms in total. The molecule has 0 spiro atoms. The third-order valence-electron chi connectivity index (χ3n) is 2.21. The molecular formula is C10H14O2. The van der Waals surface area contributed by atoms with Crippen molar-refractivity contribution in [1.29, 1.82) is 0 Å². The van der Waals surface area contributed by atoms with E-state index in [1.807, 2.05) is 26.0 Å². The van der Waals surface area contributed by atoms with Crippen LogP contribution < -0.4 is 0 Å². The topological polar surface area (TPSA) is 26.3 Å². The van der Waals surface area contributed by atoms with Crippen LogP contribution in [0.2, 0.25) is 0 Å². The first-order valence-electron chi connectivity index (χ1n) is 4.03. The molecule has 0 aromatic rings. The van der Waals surface area contributed by atoms with Gasteiger partial charge in [-0.3, -0.25) is 4.79 Å². The molecule has 1 atom stereocenters. The van der Waals surface area contributed by atoms with Gasteiger partial charge in [0.15, 0.2) is 0 Å². The Morgan fingerprint density at radius 2 is 2.33 bits per heavy atom. The van der Waals surface area contributed by atoms with Crippen LogP contribution in [0.5, 0.6) is 0 Å². The maximum Gasteiger partial charge on any atom is 0.315 e. The molecule has 0 aliphatic heterocycles. The van der Waals surface area contributed by atoms with Crippen LogP contribution in [-0.4, -0.2) is 13.1 Å². The number of carbonyl (C=O) groups is 1. The molecule has 1 aliphatic carbocycles. The Morgan fingerprint density at radius 3 is 2.75 bits per heavy atom. The Kier molecular flexibility index (Phi) is 2.36. The summed E-state index contributed by atoms with van der Waals surface area (Å²) in [6.45, 7) is 3.91. The fraction of sp³-hybridized carbons (Fsp3) is 0.500. The highest BCUT2D eigenvalue weighted by atomic mass is 16.5. The van der Waals surface area contributed by atoms with Gasteiger partial charge in [0.05, 0.1) is 12.5 Å². The number of carbonyl (C=O) groups excluding carboxylic acids is 1. The molecule has 1 rings (SSSR count). The molecule has 0 heterocycles. The molecule has 0 amide bonds. The van der Waals surface area contributed by atoms with Crippen molar-refractivity contribution in [2.75, 3.05) is 7.11 Å². The van der Waals surface area contributed by atoms with Crippen molar-refractivity contribution in [3.8, 4) is 0 Å². The summed E-state index contributed by atoms with van der Waals surface area (Å²) in [6, 6.07) is 0. The minimum Gasteiger partial charge on any atom is -0.468 e. The van der Waals surface area contributed by atoms with E-state index in [2.05, 4.69) is 6.08 Å². The molecule has 0 saturated heterocycles. The molecule has 12 heavy (non-hydrogen) atoms. The first-order chi connectivity index (χ1) is 5.58. The molecule has 0 N–H and O–H groups in total. The van der Waals surface area contributed by atoms with Gasteiger partial charge < -0.3 is 4.74 Å². The van der Waals surface area contributed by atoms with Crippen molar-refractivity contribution in [3.05, 3.63) is 23.8 Å². The lowest BCUT2D eigenvalue weighted by Gasteiger charge is -2.23. The molecule has 0 fully saturated rings. The van der Waals surface area contributed by atoms with Crippen molar-refractivity contribution in [3.63, 3.8) is 0 Å². The van der Waals surface area contributed by atoms with E-state index in [9.17, 15) is 4.79 Å². The van der Waals surface area contributed by atoms with E-state index < -0.39 is 5.41 Å². The summed E-state index contributed by atoms with van der Waals surface area (Å²) < 4.78 is 4.71. The number of allylic oxidation sites excluding steroid dienone is 3. The Morgan fingerprint density at radius 1 is 1.67 bits per heavy atom. The first kappa shape index (κ1) is 9.04. The number of esters is 1. The van der Waals surface area contributed by atoms with Crippen molar-refractivity contribution in [2.45, 2.75) is 20.3 Å². The van der Waals surface area contributed by atoms with Gasteiger partial charge in [-0.25, -0.2) is 0 Å². The first-order valence-corrected chi connectivity index (χ1v) is 4.03. The van der Waals surface area contributed by atoms with Crippen molar-refractivity contribution in [1.82, 2.24) is 0 Å². The smallest absolute Gasteiger partial charge is 0.315 e. The molecular weight excluding hydrogens is 152 g/mol. The maximum absolute atomic E-state index is 11.3. The summed E-state index contributed by atoms with van der Waals surface area (Å²) in [6.07, 6.45) is 6.66. The van der Waals surface area contributed by atoms with Crippen LogP contribution in [0.4, 0.5) is 0 Å². The fourth-order valence-electron chi connectivity index (χ4n) is 1.21. The van der Waals surface area contributed by atoms with E-state index in [-0.39, 0.29) is 5.97 Å². The Hall–Kier alpha value is -1.05. The third-order valence-corrected chi connectivity index (χ3v) is 2.21. The zero-order valence-electron chi connectivity index (χ0n) is 7.76. The second kappa shape index (κ2) is 3.13. The lowest BCUT2D eigenvalue weighted by molar-refractivity contribution is -0.148. The van der Waals surface area contributed by atoms with Gasteiger partial charge in [0.25, 0.3) is 0 Å². The highest BCUT2D eigenvalue weighted by molar-refractivity contribution is 5.79. The number of hydrogen-bond acceptors (Lipinski definition) is 2. The van der Waals surface area contributed by atoms with Crippen molar-refractivity contribution < 1.29 is 9.53 Å². The number of hydrogen-bond donors (Lipinski definition) is 0. The van der Waals surface area contributed by atoms with Crippen LogP contribution >= 0.6 is 0 Å². The molecule has 0 saturated carbocycles. The SMILES string of the molecule is COC(=O)C1(C)C=CC(C)=CC1. The van der Waals surface area contributed by atoms with Crippen LogP contribution in [0.3, 0.4) is 0 Å². The van der Waals surface area contributed by atoms with E-state index in [0.717, 1.165) is 6.42 Å². The summed E-state index contributed by atoms with van der Waals surface area (Å²) in [5, 5.41) is 0. The zero-order chi connectivity index (χ0) is 9.19. The predicted octanol–water partition coefficient (Wildman–Crippen LogP) is 2.07. The van der Waals surface area contributed by atoms with Crippen molar-refractivity contribution >= 4 is 5.97 Å². The van der Waals surface area contributed by atoms with E-state index >= 15 is 0 Å². The molecule has 0 radical (unpaired) electrons. The molecule has 0 aromatic carbocycles. The zero-order valence-corrected chi connectivity index (χ0v) is 7.76. The average molecular weight is 166 g/mol. The number of rotatable bonds is 1. The van der Waals surface area contributed by atoms with E-state index in [0.29, 0.717) is 0 Å². The second-order valence-electron chi connectivity index (χ2n) is 3.39. The lowest BCUT2D eigenvalue weighted by Crippen LogP contribution is -2.27. The largest absolute Gasteiger partial charge is 0.468 e. The van der Waals surface area contributed by atoms with E-state index in [1.54, 1.807) is 0 Å². The summed E-state index contributed by atoms with van der Waals surface area (Å²) in [4.78, 5) is 11.3. The standard InChI is InChI=1S/C10H14O2/c1-8-4-6-10(2,7-5-8)9(11)12-3/h4-6H,7H2,1-3H3. The van der Waals surface area contributed by atoms with Gasteiger partial charge in [-0.1, -0.05) is 23.8 Å². The monoisotopic (exact) mass is 166 g/mol. The Balaban J connectivity index is 2.78. The van der Waals surface area contributed by atoms with Crippen LogP contribution in [0, 0.1) is 5.41 Å². The molecule has 0 bridgehead atoms. The van der Waals surface area contributed by atoms with Gasteiger partial charge in [0, 0.05) is 0 Å². The number of methoxy groups -OCH3 is 1. The van der Waals surface area contributed by atoms with Gasteiger partial charge >= 0.3 is 5.97 Å². The summed E-state index contributed by atoms with van der Waals surface area (Å²) in [5.74, 6) is -0.164. The molecule has 66 valence electrons. The minimum atomic E-state index is -0.450. The fourth-order valence-corrected chi connectivity index (χ4v) is 1.21. The van der Waals surface area contributed by atoms with Crippen LogP contribution in [0.25, 0.3) is 0 Å². The van der Waals surface area contributed by atoms with Gasteiger partial charge in [0.1, 0.15) is 0 Å².